The van der Waals surface area contributed by atoms with Crippen molar-refractivity contribution in [1.29, 1.82) is 0 Å². The van der Waals surface area contributed by atoms with Gasteiger partial charge in [-0.3, -0.25) is 4.79 Å². The molecule has 0 bridgehead atoms. The molecular weight excluding hydrogens is 267 g/mol. The van der Waals surface area contributed by atoms with Gasteiger partial charge in [-0.05, 0) is 43.1 Å². The first-order chi connectivity index (χ1) is 8.61. The number of benzene rings is 1. The van der Waals surface area contributed by atoms with Crippen molar-refractivity contribution in [2.24, 2.45) is 5.92 Å². The molecular formula is C14H20ClFN2O. The molecule has 19 heavy (non-hydrogen) atoms. The minimum absolute atomic E-state index is 0. The molecule has 0 heterocycles. The van der Waals surface area contributed by atoms with Crippen molar-refractivity contribution in [1.82, 2.24) is 10.6 Å². The summed E-state index contributed by atoms with van der Waals surface area (Å²) < 4.78 is 13.1. The quantitative estimate of drug-likeness (QED) is 0.891. The molecule has 0 aliphatic heterocycles. The Labute approximate surface area is 119 Å². The van der Waals surface area contributed by atoms with Crippen LogP contribution in [0.3, 0.4) is 0 Å². The highest BCUT2D eigenvalue weighted by atomic mass is 35.5. The first kappa shape index (κ1) is 15.9. The Bertz CT molecular complexity index is 453. The number of carbonyl (C=O) groups is 1. The van der Waals surface area contributed by atoms with Crippen LogP contribution < -0.4 is 10.6 Å². The number of amides is 1. The van der Waals surface area contributed by atoms with E-state index < -0.39 is 0 Å². The molecule has 2 rings (SSSR count). The lowest BCUT2D eigenvalue weighted by atomic mass is 10.1. The Morgan fingerprint density at radius 3 is 2.95 bits per heavy atom. The van der Waals surface area contributed by atoms with Crippen LogP contribution in [-0.4, -0.2) is 19.5 Å². The van der Waals surface area contributed by atoms with Gasteiger partial charge in [-0.25, -0.2) is 4.39 Å². The van der Waals surface area contributed by atoms with Crippen molar-refractivity contribution in [3.63, 3.8) is 0 Å². The Balaban J connectivity index is 0.00000180. The van der Waals surface area contributed by atoms with Crippen LogP contribution in [0.4, 0.5) is 4.39 Å². The zero-order valence-corrected chi connectivity index (χ0v) is 12.0. The highest BCUT2D eigenvalue weighted by Gasteiger charge is 2.25. The summed E-state index contributed by atoms with van der Waals surface area (Å²) in [6.45, 7) is 2.56. The molecule has 1 aliphatic carbocycles. The van der Waals surface area contributed by atoms with Crippen molar-refractivity contribution in [2.75, 3.05) is 13.6 Å². The van der Waals surface area contributed by atoms with Crippen LogP contribution in [0, 0.1) is 11.7 Å². The monoisotopic (exact) mass is 286 g/mol. The number of halogens is 2. The molecule has 1 amide bonds. The number of rotatable bonds is 4. The Hall–Kier alpha value is -1.13. The lowest BCUT2D eigenvalue weighted by molar-refractivity contribution is -0.125. The van der Waals surface area contributed by atoms with Gasteiger partial charge in [0.25, 0.3) is 0 Å². The molecule has 0 saturated carbocycles. The summed E-state index contributed by atoms with van der Waals surface area (Å²) in [4.78, 5) is 11.9. The SMILES string of the molecule is CNCC(C)C(=O)NC1CCc2cc(F)ccc21.Cl. The van der Waals surface area contributed by atoms with E-state index in [0.29, 0.717) is 6.54 Å². The molecule has 1 aromatic rings. The predicted molar refractivity (Wildman–Crippen MR) is 75.9 cm³/mol. The number of nitrogens with one attached hydrogen (secondary N) is 2. The van der Waals surface area contributed by atoms with E-state index in [4.69, 9.17) is 0 Å². The molecule has 0 spiro atoms. The Morgan fingerprint density at radius 2 is 2.26 bits per heavy atom. The molecule has 106 valence electrons. The van der Waals surface area contributed by atoms with E-state index in [-0.39, 0.29) is 36.1 Å². The molecule has 2 unspecified atom stereocenters. The third kappa shape index (κ3) is 3.67. The molecule has 3 nitrogen and oxygen atoms in total. The largest absolute Gasteiger partial charge is 0.349 e. The molecule has 1 aromatic carbocycles. The van der Waals surface area contributed by atoms with Crippen molar-refractivity contribution >= 4 is 18.3 Å². The minimum atomic E-state index is -0.204. The van der Waals surface area contributed by atoms with Crippen molar-refractivity contribution in [2.45, 2.75) is 25.8 Å². The van der Waals surface area contributed by atoms with Crippen molar-refractivity contribution in [3.05, 3.63) is 35.1 Å². The Morgan fingerprint density at radius 1 is 1.53 bits per heavy atom. The maximum atomic E-state index is 13.1. The van der Waals surface area contributed by atoms with Crippen molar-refractivity contribution < 1.29 is 9.18 Å². The van der Waals surface area contributed by atoms with Crippen LogP contribution >= 0.6 is 12.4 Å². The number of fused-ring (bicyclic) bond motifs is 1. The van der Waals surface area contributed by atoms with E-state index in [9.17, 15) is 9.18 Å². The first-order valence-electron chi connectivity index (χ1n) is 6.35. The molecule has 1 aliphatic rings. The van der Waals surface area contributed by atoms with Gasteiger partial charge in [0.2, 0.25) is 5.91 Å². The second kappa shape index (κ2) is 6.87. The van der Waals surface area contributed by atoms with Gasteiger partial charge >= 0.3 is 0 Å². The van der Waals surface area contributed by atoms with Gasteiger partial charge < -0.3 is 10.6 Å². The fraction of sp³-hybridized carbons (Fsp3) is 0.500. The summed E-state index contributed by atoms with van der Waals surface area (Å²) in [5.41, 5.74) is 2.07. The molecule has 0 saturated heterocycles. The fourth-order valence-corrected chi connectivity index (χ4v) is 2.45. The van der Waals surface area contributed by atoms with Crippen molar-refractivity contribution in [3.8, 4) is 0 Å². The third-order valence-electron chi connectivity index (χ3n) is 3.46. The smallest absolute Gasteiger partial charge is 0.224 e. The van der Waals surface area contributed by atoms with Gasteiger partial charge in [0, 0.05) is 12.5 Å². The van der Waals surface area contributed by atoms with E-state index in [2.05, 4.69) is 10.6 Å². The zero-order valence-electron chi connectivity index (χ0n) is 11.2. The predicted octanol–water partition coefficient (Wildman–Crippen LogP) is 2.21. The third-order valence-corrected chi connectivity index (χ3v) is 3.46. The molecule has 2 atom stereocenters. The lowest BCUT2D eigenvalue weighted by Gasteiger charge is -2.17. The van der Waals surface area contributed by atoms with Crippen LogP contribution in [0.15, 0.2) is 18.2 Å². The van der Waals surface area contributed by atoms with Gasteiger partial charge in [0.1, 0.15) is 5.82 Å². The number of carbonyl (C=O) groups excluding carboxylic acids is 1. The maximum Gasteiger partial charge on any atom is 0.224 e. The normalized spacial score (nSPS) is 18.4. The molecule has 2 N–H and O–H groups in total. The van der Waals surface area contributed by atoms with Crippen LogP contribution in [0.25, 0.3) is 0 Å². The van der Waals surface area contributed by atoms with E-state index >= 15 is 0 Å². The molecule has 0 radical (unpaired) electrons. The topological polar surface area (TPSA) is 41.1 Å². The molecule has 5 heteroatoms. The second-order valence-electron chi connectivity index (χ2n) is 4.90. The van der Waals surface area contributed by atoms with Gasteiger partial charge in [0.05, 0.1) is 6.04 Å². The summed E-state index contributed by atoms with van der Waals surface area (Å²) in [5.74, 6) is -0.213. The van der Waals surface area contributed by atoms with Crippen LogP contribution in [0.1, 0.15) is 30.5 Å². The molecule has 0 fully saturated rings. The summed E-state index contributed by atoms with van der Waals surface area (Å²) in [7, 11) is 1.83. The van der Waals surface area contributed by atoms with Crippen LogP contribution in [0.5, 0.6) is 0 Å². The summed E-state index contributed by atoms with van der Waals surface area (Å²) >= 11 is 0. The summed E-state index contributed by atoms with van der Waals surface area (Å²) in [5, 5.41) is 6.03. The summed E-state index contributed by atoms with van der Waals surface area (Å²) in [6, 6.07) is 4.84. The second-order valence-corrected chi connectivity index (χ2v) is 4.90. The highest BCUT2D eigenvalue weighted by molar-refractivity contribution is 5.85. The van der Waals surface area contributed by atoms with Crippen LogP contribution in [-0.2, 0) is 11.2 Å². The van der Waals surface area contributed by atoms with Crippen LogP contribution in [0.2, 0.25) is 0 Å². The average molecular weight is 287 g/mol. The van der Waals surface area contributed by atoms with E-state index in [1.165, 1.54) is 6.07 Å². The highest BCUT2D eigenvalue weighted by Crippen LogP contribution is 2.31. The van der Waals surface area contributed by atoms with E-state index in [0.717, 1.165) is 24.0 Å². The van der Waals surface area contributed by atoms with Gasteiger partial charge in [-0.1, -0.05) is 13.0 Å². The first-order valence-corrected chi connectivity index (χ1v) is 6.35. The van der Waals surface area contributed by atoms with Gasteiger partial charge in [-0.2, -0.15) is 0 Å². The fourth-order valence-electron chi connectivity index (χ4n) is 2.45. The minimum Gasteiger partial charge on any atom is -0.349 e. The number of hydrogen-bond acceptors (Lipinski definition) is 2. The lowest BCUT2D eigenvalue weighted by Crippen LogP contribution is -2.36. The van der Waals surface area contributed by atoms with Gasteiger partial charge in [-0.15, -0.1) is 12.4 Å². The maximum absolute atomic E-state index is 13.1. The van der Waals surface area contributed by atoms with E-state index in [1.54, 1.807) is 12.1 Å². The molecule has 0 aromatic heterocycles. The van der Waals surface area contributed by atoms with E-state index in [1.807, 2.05) is 14.0 Å². The number of aryl methyl sites for hydroxylation is 1. The van der Waals surface area contributed by atoms with Gasteiger partial charge in [0.15, 0.2) is 0 Å². The number of hydrogen-bond donors (Lipinski definition) is 2. The standard InChI is InChI=1S/C14H19FN2O.ClH/c1-9(8-16-2)14(18)17-13-6-3-10-7-11(15)4-5-12(10)13;/h4-5,7,9,13,16H,3,6,8H2,1-2H3,(H,17,18);1H. The summed E-state index contributed by atoms with van der Waals surface area (Å²) in [6.07, 6.45) is 1.69. The Kier molecular flexibility index (Phi) is 5.76. The zero-order chi connectivity index (χ0) is 13.1. The average Bonchev–Trinajstić information content (AvgIpc) is 2.72.